The number of ether oxygens (including phenoxy) is 1. The van der Waals surface area contributed by atoms with Gasteiger partial charge < -0.3 is 10.1 Å². The van der Waals surface area contributed by atoms with Crippen molar-refractivity contribution in [2.24, 2.45) is 0 Å². The molecule has 0 aliphatic rings. The van der Waals surface area contributed by atoms with E-state index in [1.807, 2.05) is 32.0 Å². The van der Waals surface area contributed by atoms with Crippen LogP contribution in [0.5, 0.6) is 0 Å². The van der Waals surface area contributed by atoms with Gasteiger partial charge in [-0.1, -0.05) is 17.8 Å². The molecule has 2 aromatic heterocycles. The van der Waals surface area contributed by atoms with Gasteiger partial charge in [-0.15, -0.1) is 11.3 Å². The first-order valence-corrected chi connectivity index (χ1v) is 8.35. The van der Waals surface area contributed by atoms with Gasteiger partial charge >= 0.3 is 5.97 Å². The largest absolute Gasteiger partial charge is 0.465 e. The predicted molar refractivity (Wildman–Crippen MR) is 88.7 cm³/mol. The van der Waals surface area contributed by atoms with Gasteiger partial charge in [-0.2, -0.15) is 0 Å². The van der Waals surface area contributed by atoms with Crippen molar-refractivity contribution in [1.82, 2.24) is 4.98 Å². The lowest BCUT2D eigenvalue weighted by atomic mass is 10.1. The van der Waals surface area contributed by atoms with Gasteiger partial charge in [0.15, 0.2) is 0 Å². The molecule has 7 heteroatoms. The minimum Gasteiger partial charge on any atom is -0.465 e. The Morgan fingerprint density at radius 3 is 2.77 bits per heavy atom. The first-order valence-electron chi connectivity index (χ1n) is 6.55. The van der Waals surface area contributed by atoms with E-state index < -0.39 is 5.97 Å². The van der Waals surface area contributed by atoms with Gasteiger partial charge in [0.05, 0.1) is 23.5 Å². The summed E-state index contributed by atoms with van der Waals surface area (Å²) in [6, 6.07) is 5.54. The molecule has 0 saturated carbocycles. The topological polar surface area (TPSA) is 68.3 Å². The molecular weight excluding hydrogens is 320 g/mol. The van der Waals surface area contributed by atoms with Crippen LogP contribution in [0.1, 0.15) is 20.8 Å². The van der Waals surface area contributed by atoms with Gasteiger partial charge in [0, 0.05) is 11.1 Å². The molecule has 1 amide bonds. The summed E-state index contributed by atoms with van der Waals surface area (Å²) in [6.07, 6.45) is 1.68. The van der Waals surface area contributed by atoms with Crippen LogP contribution in [0.25, 0.3) is 0 Å². The fraction of sp³-hybridized carbons (Fsp3) is 0.267. The lowest BCUT2D eigenvalue weighted by molar-refractivity contribution is -0.113. The molecule has 0 bridgehead atoms. The van der Waals surface area contributed by atoms with E-state index in [9.17, 15) is 9.59 Å². The number of thioether (sulfide) groups is 1. The lowest BCUT2D eigenvalue weighted by Crippen LogP contribution is -2.16. The third kappa shape index (κ3) is 3.86. The van der Waals surface area contributed by atoms with Crippen LogP contribution >= 0.6 is 23.1 Å². The second-order valence-electron chi connectivity index (χ2n) is 4.48. The van der Waals surface area contributed by atoms with E-state index in [1.54, 1.807) is 6.20 Å². The first-order chi connectivity index (χ1) is 10.5. The number of hydrogen-bond donors (Lipinski definition) is 1. The highest BCUT2D eigenvalue weighted by molar-refractivity contribution is 7.99. The molecule has 0 spiro atoms. The molecular formula is C15H16N2O3S2. The smallest absolute Gasteiger partial charge is 0.341 e. The van der Waals surface area contributed by atoms with Crippen molar-refractivity contribution in [3.8, 4) is 0 Å². The highest BCUT2D eigenvalue weighted by atomic mass is 32.2. The molecule has 0 unspecified atom stereocenters. The summed E-state index contributed by atoms with van der Waals surface area (Å²) in [6.45, 7) is 3.75. The Hall–Kier alpha value is -1.86. The molecule has 2 rings (SSSR count). The monoisotopic (exact) mass is 336 g/mol. The molecule has 2 aromatic rings. The molecule has 2 heterocycles. The van der Waals surface area contributed by atoms with Gasteiger partial charge in [0.2, 0.25) is 5.91 Å². The average molecular weight is 336 g/mol. The second-order valence-corrected chi connectivity index (χ2v) is 6.70. The number of anilines is 1. The summed E-state index contributed by atoms with van der Waals surface area (Å²) in [7, 11) is 1.33. The third-order valence-electron chi connectivity index (χ3n) is 3.02. The van der Waals surface area contributed by atoms with Crippen LogP contribution in [-0.2, 0) is 9.53 Å². The Morgan fingerprint density at radius 2 is 2.14 bits per heavy atom. The van der Waals surface area contributed by atoms with Crippen molar-refractivity contribution < 1.29 is 14.3 Å². The molecule has 5 nitrogen and oxygen atoms in total. The van der Waals surface area contributed by atoms with Crippen molar-refractivity contribution in [2.45, 2.75) is 18.9 Å². The van der Waals surface area contributed by atoms with Crippen LogP contribution in [0.15, 0.2) is 29.4 Å². The molecule has 116 valence electrons. The Labute approximate surface area is 137 Å². The van der Waals surface area contributed by atoms with E-state index in [1.165, 1.54) is 30.2 Å². The maximum absolute atomic E-state index is 12.1. The number of carbonyl (C=O) groups excluding carboxylic acids is 2. The van der Waals surface area contributed by atoms with Crippen molar-refractivity contribution in [2.75, 3.05) is 18.2 Å². The zero-order valence-corrected chi connectivity index (χ0v) is 14.1. The molecule has 0 aromatic carbocycles. The van der Waals surface area contributed by atoms with Crippen LogP contribution in [0.2, 0.25) is 0 Å². The Bertz CT molecular complexity index is 684. The number of carbonyl (C=O) groups is 2. The standard InChI is InChI=1S/C15H16N2O3S2/c1-9-10(2)22-14(13(9)15(19)20-3)17-11(18)8-21-12-6-4-5-7-16-12/h4-7H,8H2,1-3H3,(H,17,18). The number of thiophene rings is 1. The molecule has 0 radical (unpaired) electrons. The van der Waals surface area contributed by atoms with Crippen molar-refractivity contribution in [1.29, 1.82) is 0 Å². The van der Waals surface area contributed by atoms with E-state index in [0.29, 0.717) is 10.6 Å². The fourth-order valence-electron chi connectivity index (χ4n) is 1.80. The zero-order valence-electron chi connectivity index (χ0n) is 12.5. The summed E-state index contributed by atoms with van der Waals surface area (Å²) < 4.78 is 4.78. The highest BCUT2D eigenvalue weighted by Crippen LogP contribution is 2.33. The van der Waals surface area contributed by atoms with Gasteiger partial charge in [-0.3, -0.25) is 4.79 Å². The van der Waals surface area contributed by atoms with E-state index in [4.69, 9.17) is 4.74 Å². The number of esters is 1. The number of nitrogens with zero attached hydrogens (tertiary/aromatic N) is 1. The number of nitrogens with one attached hydrogen (secondary N) is 1. The predicted octanol–water partition coefficient (Wildman–Crippen LogP) is 3.28. The van der Waals surface area contributed by atoms with Gasteiger partial charge in [-0.05, 0) is 31.5 Å². The first kappa shape index (κ1) is 16.5. The lowest BCUT2D eigenvalue weighted by Gasteiger charge is -2.06. The van der Waals surface area contributed by atoms with Crippen LogP contribution in [0, 0.1) is 13.8 Å². The Kier molecular flexibility index (Phi) is 5.57. The molecule has 0 fully saturated rings. The normalized spacial score (nSPS) is 10.3. The number of pyridine rings is 1. The Balaban J connectivity index is 2.05. The van der Waals surface area contributed by atoms with Crippen LogP contribution in [0.3, 0.4) is 0 Å². The fourth-order valence-corrected chi connectivity index (χ4v) is 3.52. The Morgan fingerprint density at radius 1 is 1.36 bits per heavy atom. The summed E-state index contributed by atoms with van der Waals surface area (Å²) in [5.74, 6) is -0.384. The zero-order chi connectivity index (χ0) is 16.1. The van der Waals surface area contributed by atoms with Crippen LogP contribution in [0.4, 0.5) is 5.00 Å². The quantitative estimate of drug-likeness (QED) is 0.670. The SMILES string of the molecule is COC(=O)c1c(NC(=O)CSc2ccccn2)sc(C)c1C. The summed E-state index contributed by atoms with van der Waals surface area (Å²) >= 11 is 2.72. The number of aryl methyl sites for hydroxylation is 1. The van der Waals surface area contributed by atoms with E-state index in [0.717, 1.165) is 15.5 Å². The van der Waals surface area contributed by atoms with E-state index in [-0.39, 0.29) is 11.7 Å². The number of rotatable bonds is 5. The average Bonchev–Trinajstić information content (AvgIpc) is 2.80. The van der Waals surface area contributed by atoms with Gasteiger partial charge in [-0.25, -0.2) is 9.78 Å². The highest BCUT2D eigenvalue weighted by Gasteiger charge is 2.21. The van der Waals surface area contributed by atoms with Crippen molar-refractivity contribution >= 4 is 40.0 Å². The van der Waals surface area contributed by atoms with Gasteiger partial charge in [0.25, 0.3) is 0 Å². The minimum atomic E-state index is -0.436. The number of amides is 1. The molecule has 0 saturated heterocycles. The van der Waals surface area contributed by atoms with Crippen LogP contribution < -0.4 is 5.32 Å². The van der Waals surface area contributed by atoms with E-state index in [2.05, 4.69) is 10.3 Å². The number of aromatic nitrogens is 1. The number of hydrogen-bond acceptors (Lipinski definition) is 6. The molecule has 1 N–H and O–H groups in total. The summed E-state index contributed by atoms with van der Waals surface area (Å²) in [4.78, 5) is 29.0. The van der Waals surface area contributed by atoms with Gasteiger partial charge in [0.1, 0.15) is 5.00 Å². The third-order valence-corrected chi connectivity index (χ3v) is 5.08. The molecule has 0 aliphatic heterocycles. The maximum atomic E-state index is 12.1. The summed E-state index contributed by atoms with van der Waals surface area (Å²) in [5.41, 5.74) is 1.27. The number of methoxy groups -OCH3 is 1. The summed E-state index contributed by atoms with van der Waals surface area (Å²) in [5, 5.41) is 4.11. The molecule has 0 atom stereocenters. The van der Waals surface area contributed by atoms with Crippen molar-refractivity contribution in [3.63, 3.8) is 0 Å². The minimum absolute atomic E-state index is 0.179. The van der Waals surface area contributed by atoms with Crippen LogP contribution in [-0.4, -0.2) is 29.7 Å². The van der Waals surface area contributed by atoms with E-state index >= 15 is 0 Å². The molecule has 0 aliphatic carbocycles. The maximum Gasteiger partial charge on any atom is 0.341 e. The second kappa shape index (κ2) is 7.42. The molecule has 22 heavy (non-hydrogen) atoms. The van der Waals surface area contributed by atoms with Crippen molar-refractivity contribution in [3.05, 3.63) is 40.4 Å².